The highest BCUT2D eigenvalue weighted by molar-refractivity contribution is 6.28. The van der Waals surface area contributed by atoms with Crippen molar-refractivity contribution in [2.45, 2.75) is 32.8 Å². The van der Waals surface area contributed by atoms with E-state index in [1.165, 1.54) is 32.9 Å². The number of halogens is 1. The van der Waals surface area contributed by atoms with Gasteiger partial charge in [-0.25, -0.2) is 4.39 Å². The molecule has 0 bridgehead atoms. The fraction of sp³-hybridized carbons (Fsp3) is 0.261. The number of ketones is 2. The minimum atomic E-state index is -1.43. The zero-order valence-electron chi connectivity index (χ0n) is 16.9. The van der Waals surface area contributed by atoms with Gasteiger partial charge in [0, 0.05) is 11.1 Å². The number of aliphatic hydroxyl groups is 1. The number of nitrogens with one attached hydrogen (secondary N) is 1. The van der Waals surface area contributed by atoms with Crippen molar-refractivity contribution in [2.24, 2.45) is 0 Å². The molecule has 1 aliphatic rings. The van der Waals surface area contributed by atoms with Crippen molar-refractivity contribution >= 4 is 23.2 Å². The number of Topliss-reactive ketones (excluding diaryl/α,β-unsaturated/α-hetero) is 2. The van der Waals surface area contributed by atoms with Crippen LogP contribution >= 0.6 is 0 Å². The van der Waals surface area contributed by atoms with E-state index in [4.69, 9.17) is 4.74 Å². The summed E-state index contributed by atoms with van der Waals surface area (Å²) in [7, 11) is 0. The van der Waals surface area contributed by atoms with Crippen LogP contribution in [0.4, 0.5) is 4.39 Å². The highest BCUT2D eigenvalue weighted by atomic mass is 19.1. The summed E-state index contributed by atoms with van der Waals surface area (Å²) in [5, 5.41) is 12.9. The normalized spacial score (nSPS) is 14.9. The summed E-state index contributed by atoms with van der Waals surface area (Å²) in [4.78, 5) is 36.5. The van der Waals surface area contributed by atoms with Crippen LogP contribution in [0.2, 0.25) is 0 Å². The maximum atomic E-state index is 15.3. The van der Waals surface area contributed by atoms with Crippen molar-refractivity contribution in [3.05, 3.63) is 70.5 Å². The van der Waals surface area contributed by atoms with Crippen LogP contribution in [0.5, 0.6) is 5.75 Å². The molecular formula is C23H22FNO5. The Kier molecular flexibility index (Phi) is 5.73. The monoisotopic (exact) mass is 411 g/mol. The number of hydrogen-bond acceptors (Lipinski definition) is 5. The van der Waals surface area contributed by atoms with Crippen LogP contribution in [0, 0.1) is 5.82 Å². The summed E-state index contributed by atoms with van der Waals surface area (Å²) < 4.78 is 20.9. The third kappa shape index (κ3) is 3.83. The quantitative estimate of drug-likeness (QED) is 0.712. The molecule has 6 nitrogen and oxygen atoms in total. The molecule has 0 aromatic heterocycles. The fourth-order valence-corrected chi connectivity index (χ4v) is 3.38. The van der Waals surface area contributed by atoms with Gasteiger partial charge in [0.2, 0.25) is 0 Å². The summed E-state index contributed by atoms with van der Waals surface area (Å²) in [6.45, 7) is 4.08. The zero-order chi connectivity index (χ0) is 22.1. The Balaban J connectivity index is 2.00. The maximum Gasteiger partial charge on any atom is 0.259 e. The van der Waals surface area contributed by atoms with Crippen molar-refractivity contribution in [1.82, 2.24) is 5.32 Å². The van der Waals surface area contributed by atoms with Crippen molar-refractivity contribution in [3.63, 3.8) is 0 Å². The highest BCUT2D eigenvalue weighted by Crippen LogP contribution is 2.43. The second-order valence-corrected chi connectivity index (χ2v) is 7.64. The summed E-state index contributed by atoms with van der Waals surface area (Å²) in [6, 6.07) is 12.0. The van der Waals surface area contributed by atoms with Crippen molar-refractivity contribution in [3.8, 4) is 5.75 Å². The van der Waals surface area contributed by atoms with Gasteiger partial charge in [-0.05, 0) is 38.5 Å². The summed E-state index contributed by atoms with van der Waals surface area (Å²) in [5.41, 5.74) is -1.08. The first-order chi connectivity index (χ1) is 14.1. The van der Waals surface area contributed by atoms with E-state index >= 15 is 4.39 Å². The van der Waals surface area contributed by atoms with E-state index < -0.39 is 34.3 Å². The van der Waals surface area contributed by atoms with Gasteiger partial charge in [0.15, 0.2) is 17.3 Å². The van der Waals surface area contributed by atoms with Crippen molar-refractivity contribution < 1.29 is 28.6 Å². The average molecular weight is 411 g/mol. The molecule has 1 amide bonds. The van der Waals surface area contributed by atoms with Gasteiger partial charge in [-0.1, -0.05) is 30.3 Å². The number of fused-ring (bicyclic) bond motifs is 1. The van der Waals surface area contributed by atoms with Gasteiger partial charge in [0.1, 0.15) is 23.7 Å². The largest absolute Gasteiger partial charge is 0.506 e. The molecule has 0 heterocycles. The smallest absolute Gasteiger partial charge is 0.259 e. The Morgan fingerprint density at radius 1 is 1.13 bits per heavy atom. The van der Waals surface area contributed by atoms with E-state index in [-0.39, 0.29) is 35.8 Å². The zero-order valence-corrected chi connectivity index (χ0v) is 16.9. The molecule has 0 saturated heterocycles. The first-order valence-electron chi connectivity index (χ1n) is 9.40. The minimum Gasteiger partial charge on any atom is -0.506 e. The third-order valence-electron chi connectivity index (χ3n) is 4.98. The van der Waals surface area contributed by atoms with Crippen LogP contribution < -0.4 is 10.1 Å². The maximum absolute atomic E-state index is 15.3. The number of benzene rings is 2. The average Bonchev–Trinajstić information content (AvgIpc) is 2.70. The van der Waals surface area contributed by atoms with E-state index in [0.29, 0.717) is 0 Å². The number of ether oxygens (including phenoxy) is 1. The second-order valence-electron chi connectivity index (χ2n) is 7.64. The molecule has 156 valence electrons. The van der Waals surface area contributed by atoms with Crippen molar-refractivity contribution in [1.29, 1.82) is 0 Å². The van der Waals surface area contributed by atoms with E-state index in [2.05, 4.69) is 5.32 Å². The summed E-state index contributed by atoms with van der Waals surface area (Å²) in [6.07, 6.45) is 0. The summed E-state index contributed by atoms with van der Waals surface area (Å²) >= 11 is 0. The predicted molar refractivity (Wildman–Crippen MR) is 108 cm³/mol. The van der Waals surface area contributed by atoms with Crippen LogP contribution in [-0.2, 0) is 26.4 Å². The topological polar surface area (TPSA) is 92.7 Å². The number of carbonyl (C=O) groups is 3. The molecule has 3 rings (SSSR count). The fourth-order valence-electron chi connectivity index (χ4n) is 3.38. The molecule has 0 atom stereocenters. The lowest BCUT2D eigenvalue weighted by molar-refractivity contribution is -0.126. The number of aliphatic hydroxyl groups excluding tert-OH is 1. The Hall–Kier alpha value is -3.48. The van der Waals surface area contributed by atoms with Crippen LogP contribution in [0.15, 0.2) is 48.0 Å². The first kappa shape index (κ1) is 21.2. The first-order valence-corrected chi connectivity index (χ1v) is 9.40. The van der Waals surface area contributed by atoms with Gasteiger partial charge in [-0.15, -0.1) is 0 Å². The van der Waals surface area contributed by atoms with Crippen LogP contribution in [-0.4, -0.2) is 29.1 Å². The lowest BCUT2D eigenvalue weighted by atomic mass is 9.70. The number of carbonyl (C=O) groups excluding carboxylic acids is 3. The Bertz CT molecular complexity index is 1060. The van der Waals surface area contributed by atoms with Gasteiger partial charge in [0.05, 0.1) is 12.0 Å². The third-order valence-corrected chi connectivity index (χ3v) is 4.98. The Labute approximate surface area is 173 Å². The van der Waals surface area contributed by atoms with E-state index in [1.807, 2.05) is 30.3 Å². The lowest BCUT2D eigenvalue weighted by Gasteiger charge is -2.32. The van der Waals surface area contributed by atoms with Gasteiger partial charge < -0.3 is 15.2 Å². The molecule has 0 radical (unpaired) electrons. The molecule has 0 spiro atoms. The Morgan fingerprint density at radius 3 is 2.43 bits per heavy atom. The number of hydrogen-bond donors (Lipinski definition) is 2. The van der Waals surface area contributed by atoms with Crippen molar-refractivity contribution in [2.75, 3.05) is 6.54 Å². The molecule has 7 heteroatoms. The lowest BCUT2D eigenvalue weighted by Crippen LogP contribution is -2.42. The standard InChI is InChI=1S/C23H22FNO5/c1-13(26)11-25-22(29)17-20(27)15-9-10-16(30-12-14-7-5-4-6-8-14)19(24)18(15)23(2,3)21(17)28/h4-10,27H,11-12H2,1-3H3,(H,25,29). The molecule has 0 unspecified atom stereocenters. The molecular weight excluding hydrogens is 389 g/mol. The van der Waals surface area contributed by atoms with Gasteiger partial charge in [0.25, 0.3) is 5.91 Å². The number of rotatable bonds is 6. The summed E-state index contributed by atoms with van der Waals surface area (Å²) in [5.74, 6) is -3.38. The Morgan fingerprint density at radius 2 is 1.80 bits per heavy atom. The van der Waals surface area contributed by atoms with Gasteiger partial charge in [-0.2, -0.15) is 0 Å². The minimum absolute atomic E-state index is 0.0390. The van der Waals surface area contributed by atoms with Gasteiger partial charge >= 0.3 is 0 Å². The van der Waals surface area contributed by atoms with Gasteiger partial charge in [-0.3, -0.25) is 14.4 Å². The SMILES string of the molecule is CC(=O)CNC(=O)C1=C(O)c2ccc(OCc3ccccc3)c(F)c2C(C)(C)C1=O. The molecule has 30 heavy (non-hydrogen) atoms. The van der Waals surface area contributed by atoms with E-state index in [1.54, 1.807) is 0 Å². The molecule has 0 aliphatic heterocycles. The second kappa shape index (κ2) is 8.10. The van der Waals surface area contributed by atoms with Crippen LogP contribution in [0.25, 0.3) is 5.76 Å². The molecule has 1 aliphatic carbocycles. The molecule has 2 aromatic rings. The van der Waals surface area contributed by atoms with Crippen LogP contribution in [0.1, 0.15) is 37.5 Å². The van der Waals surface area contributed by atoms with E-state index in [9.17, 15) is 19.5 Å². The highest BCUT2D eigenvalue weighted by Gasteiger charge is 2.45. The molecule has 0 saturated carbocycles. The molecule has 2 aromatic carbocycles. The molecule has 2 N–H and O–H groups in total. The molecule has 0 fully saturated rings. The predicted octanol–water partition coefficient (Wildman–Crippen LogP) is 3.24. The van der Waals surface area contributed by atoms with Crippen LogP contribution in [0.3, 0.4) is 0 Å². The van der Waals surface area contributed by atoms with E-state index in [0.717, 1.165) is 5.56 Å². The number of amides is 1.